The van der Waals surface area contributed by atoms with Crippen LogP contribution in [0.2, 0.25) is 28.4 Å². The monoisotopic (exact) mass is 459 g/mol. The van der Waals surface area contributed by atoms with Gasteiger partial charge in [0.15, 0.2) is 0 Å². The van der Waals surface area contributed by atoms with Gasteiger partial charge in [-0.1, -0.05) is 0 Å². The van der Waals surface area contributed by atoms with Crippen LogP contribution in [0.15, 0.2) is 21.5 Å². The Morgan fingerprint density at radius 1 is 1.26 bits per heavy atom. The van der Waals surface area contributed by atoms with Crippen molar-refractivity contribution < 1.29 is 23.0 Å². The minimum absolute atomic E-state index is 0. The van der Waals surface area contributed by atoms with Gasteiger partial charge in [0.05, 0.1) is 0 Å². The summed E-state index contributed by atoms with van der Waals surface area (Å²) >= 11 is -3.31. The maximum absolute atomic E-state index is 6.04. The Hall–Kier alpha value is 0.950. The fraction of sp³-hybridized carbons (Fsp3) is 0.706. The van der Waals surface area contributed by atoms with E-state index in [4.69, 9.17) is 8.64 Å². The standard InChI is InChI=1S/C6H15OSi.C5H5.C4H10N.CH3.CH2.2ClH.Zr/c1-5-6-7-8(2,3)4;1-2-4-5-3-1;1-4(2,3)5;;;;;/h1,5-6H2,2-4H3;1-3H,4H2;5H,1-3H3;1H3;1H2;2*1H;/q;;-1;;;;;+1. The summed E-state index contributed by atoms with van der Waals surface area (Å²) in [5.41, 5.74) is 0.116. The second-order valence-corrected chi connectivity index (χ2v) is 28.2. The fourth-order valence-electron chi connectivity index (χ4n) is 3.31. The molecule has 6 heteroatoms. The van der Waals surface area contributed by atoms with Crippen molar-refractivity contribution in [3.05, 3.63) is 21.5 Å². The third kappa shape index (κ3) is 9.28. The third-order valence-electron chi connectivity index (χ3n) is 3.98. The van der Waals surface area contributed by atoms with Crippen molar-refractivity contribution in [2.45, 2.75) is 67.6 Å². The van der Waals surface area contributed by atoms with E-state index in [1.54, 1.807) is 3.28 Å². The molecule has 0 unspecified atom stereocenters. The van der Waals surface area contributed by atoms with Gasteiger partial charge in [-0.15, -0.1) is 24.8 Å². The summed E-state index contributed by atoms with van der Waals surface area (Å²) in [7, 11) is -1.40. The van der Waals surface area contributed by atoms with E-state index in [9.17, 15) is 0 Å². The molecule has 0 radical (unpaired) electrons. The van der Waals surface area contributed by atoms with Crippen LogP contribution in [0.25, 0.3) is 0 Å². The first kappa shape index (κ1) is 26.2. The van der Waals surface area contributed by atoms with Gasteiger partial charge < -0.3 is 0 Å². The average molecular weight is 462 g/mol. The summed E-state index contributed by atoms with van der Waals surface area (Å²) in [6, 6.07) is 0. The van der Waals surface area contributed by atoms with Crippen LogP contribution in [0.3, 0.4) is 0 Å². The van der Waals surface area contributed by atoms with Crippen molar-refractivity contribution in [1.29, 1.82) is 0 Å². The van der Waals surface area contributed by atoms with E-state index in [1.165, 1.54) is 4.13 Å². The normalized spacial score (nSPS) is 15.7. The van der Waals surface area contributed by atoms with Crippen molar-refractivity contribution in [3.63, 3.8) is 0 Å². The van der Waals surface area contributed by atoms with Gasteiger partial charge in [-0.3, -0.25) is 0 Å². The molecule has 0 saturated carbocycles. The van der Waals surface area contributed by atoms with Crippen LogP contribution < -0.4 is 3.26 Å². The second-order valence-electron chi connectivity index (χ2n) is 9.05. The van der Waals surface area contributed by atoms with Crippen molar-refractivity contribution in [2.24, 2.45) is 0 Å². The fourth-order valence-corrected chi connectivity index (χ4v) is 16.8. The van der Waals surface area contributed by atoms with Gasteiger partial charge in [0.25, 0.3) is 0 Å². The summed E-state index contributed by atoms with van der Waals surface area (Å²) in [6.07, 6.45) is 8.98. The van der Waals surface area contributed by atoms with Crippen molar-refractivity contribution in [2.75, 3.05) is 6.61 Å². The Morgan fingerprint density at radius 3 is 2.22 bits per heavy atom. The van der Waals surface area contributed by atoms with Crippen LogP contribution in [0.1, 0.15) is 33.6 Å². The minimum atomic E-state index is -3.31. The molecule has 0 bridgehead atoms. The molecule has 0 aromatic heterocycles. The Labute approximate surface area is 158 Å². The van der Waals surface area contributed by atoms with E-state index in [2.05, 4.69) is 66.5 Å². The molecule has 2 nitrogen and oxygen atoms in total. The zero-order chi connectivity index (χ0) is 16.4. The van der Waals surface area contributed by atoms with Gasteiger partial charge in [0.1, 0.15) is 0 Å². The number of nitrogens with one attached hydrogen (secondary N) is 1. The molecule has 0 atom stereocenters. The Bertz CT molecular complexity index is 504. The van der Waals surface area contributed by atoms with Crippen LogP contribution in [0.5, 0.6) is 0 Å². The quantitative estimate of drug-likeness (QED) is 0.382. The van der Waals surface area contributed by atoms with Crippen LogP contribution in [-0.2, 0) is 23.0 Å². The van der Waals surface area contributed by atoms with Crippen molar-refractivity contribution in [3.8, 4) is 0 Å². The molecule has 1 aliphatic carbocycles. The molecule has 0 heterocycles. The van der Waals surface area contributed by atoms with E-state index >= 15 is 0 Å². The van der Waals surface area contributed by atoms with Gasteiger partial charge >= 0.3 is 134 Å². The van der Waals surface area contributed by atoms with E-state index in [1.807, 2.05) is 0 Å². The van der Waals surface area contributed by atoms with Gasteiger partial charge in [-0.05, 0) is 0 Å². The van der Waals surface area contributed by atoms with Gasteiger partial charge in [0.2, 0.25) is 0 Å². The van der Waals surface area contributed by atoms with Crippen LogP contribution >= 0.6 is 24.8 Å². The van der Waals surface area contributed by atoms with Gasteiger partial charge in [-0.25, -0.2) is 0 Å². The molecule has 0 aromatic rings. The van der Waals surface area contributed by atoms with E-state index in [0.717, 1.165) is 19.4 Å². The van der Waals surface area contributed by atoms with Crippen LogP contribution in [0.4, 0.5) is 0 Å². The summed E-state index contributed by atoms with van der Waals surface area (Å²) in [5, 5.41) is 0. The number of hydrogen-bond acceptors (Lipinski definition) is 2. The number of hydrogen-bond donors (Lipinski definition) is 1. The third-order valence-corrected chi connectivity index (χ3v) is 18.4. The first-order valence-electron chi connectivity index (χ1n) is 8.17. The zero-order valence-corrected chi connectivity index (χ0v) is 21.1. The van der Waals surface area contributed by atoms with Crippen molar-refractivity contribution in [1.82, 2.24) is 3.26 Å². The molecule has 0 aliphatic heterocycles. The summed E-state index contributed by atoms with van der Waals surface area (Å²) in [4.78, 5) is 0. The van der Waals surface area contributed by atoms with Crippen LogP contribution in [-0.4, -0.2) is 24.7 Å². The van der Waals surface area contributed by atoms with Gasteiger partial charge in [-0.2, -0.15) is 0 Å². The molecule has 0 saturated heterocycles. The number of rotatable bonds is 7. The predicted octanol–water partition coefficient (Wildman–Crippen LogP) is 5.81. The number of halogens is 2. The average Bonchev–Trinajstić information content (AvgIpc) is 2.74. The summed E-state index contributed by atoms with van der Waals surface area (Å²) in [6.45, 7) is 14.4. The van der Waals surface area contributed by atoms with E-state index in [-0.39, 0.29) is 30.4 Å². The number of allylic oxidation sites excluding steroid dienone is 4. The second kappa shape index (κ2) is 9.05. The van der Waals surface area contributed by atoms with Crippen molar-refractivity contribution >= 4 is 37.3 Å². The maximum atomic E-state index is 6.04. The Kier molecular flexibility index (Phi) is 10.3. The molecule has 138 valence electrons. The molecule has 1 aliphatic rings. The first-order chi connectivity index (χ1) is 9.31. The molecular weight excluding hydrogens is 424 g/mol. The summed E-state index contributed by atoms with van der Waals surface area (Å²) < 4.78 is 20.1. The zero-order valence-electron chi connectivity index (χ0n) is 16.0. The molecule has 23 heavy (non-hydrogen) atoms. The summed E-state index contributed by atoms with van der Waals surface area (Å²) in [5.74, 6) is 0. The molecule has 0 spiro atoms. The molecule has 1 rings (SSSR count). The van der Waals surface area contributed by atoms with E-state index < -0.39 is 26.9 Å². The van der Waals surface area contributed by atoms with E-state index in [0.29, 0.717) is 0 Å². The molecule has 0 aromatic carbocycles. The van der Waals surface area contributed by atoms with Gasteiger partial charge in [0, 0.05) is 0 Å². The predicted molar refractivity (Wildman–Crippen MR) is 111 cm³/mol. The molecule has 1 N–H and O–H groups in total. The molecular formula is C17H37Cl2NOSiZr. The Balaban J connectivity index is 0. The first-order valence-corrected chi connectivity index (χ1v) is 20.0. The molecule has 0 fully saturated rings. The Morgan fingerprint density at radius 2 is 1.83 bits per heavy atom. The van der Waals surface area contributed by atoms with Crippen LogP contribution in [0, 0.1) is 0 Å². The SMILES string of the molecule is Cl.Cl.[CH2]=[Zr]([CH3])([CH2]CCO[Si](C)(C)C)([NH]C(C)(C)C)[C]1=CC=CC1. The molecule has 0 amide bonds. The topological polar surface area (TPSA) is 21.3 Å².